The van der Waals surface area contributed by atoms with Crippen LogP contribution >= 0.6 is 0 Å². The summed E-state index contributed by atoms with van der Waals surface area (Å²) in [6.07, 6.45) is 3.97. The van der Waals surface area contributed by atoms with Crippen molar-refractivity contribution in [3.8, 4) is 0 Å². The highest BCUT2D eigenvalue weighted by atomic mass is 19.1. The van der Waals surface area contributed by atoms with Crippen LogP contribution in [0.5, 0.6) is 0 Å². The van der Waals surface area contributed by atoms with E-state index >= 15 is 0 Å². The summed E-state index contributed by atoms with van der Waals surface area (Å²) in [5, 5.41) is 3.10. The zero-order valence-electron chi connectivity index (χ0n) is 11.3. The van der Waals surface area contributed by atoms with Crippen molar-refractivity contribution in [1.82, 2.24) is 0 Å². The lowest BCUT2D eigenvalue weighted by molar-refractivity contribution is 0.104. The molecule has 0 radical (unpaired) electrons. The highest BCUT2D eigenvalue weighted by Gasteiger charge is 2.01. The number of ketones is 1. The smallest absolute Gasteiger partial charge is 0.187 e. The number of hydrogen-bond donors (Lipinski definition) is 1. The Kier molecular flexibility index (Phi) is 4.66. The van der Waals surface area contributed by atoms with E-state index in [9.17, 15) is 9.18 Å². The lowest BCUT2D eigenvalue weighted by Gasteiger charge is -2.06. The van der Waals surface area contributed by atoms with Crippen molar-refractivity contribution in [3.05, 3.63) is 77.8 Å². The fourth-order valence-electron chi connectivity index (χ4n) is 1.89. The summed E-state index contributed by atoms with van der Waals surface area (Å²) in [4.78, 5) is 11.9. The van der Waals surface area contributed by atoms with Crippen molar-refractivity contribution < 1.29 is 9.18 Å². The van der Waals surface area contributed by atoms with Gasteiger partial charge in [-0.15, -0.1) is 0 Å². The van der Waals surface area contributed by atoms with Gasteiger partial charge in [0.25, 0.3) is 0 Å². The average Bonchev–Trinajstić information content (AvgIpc) is 2.48. The number of benzene rings is 2. The van der Waals surface area contributed by atoms with Crippen LogP contribution in [-0.4, -0.2) is 5.78 Å². The minimum atomic E-state index is -0.347. The molecule has 2 aromatic carbocycles. The number of halogens is 1. The molecule has 102 valence electrons. The summed E-state index contributed by atoms with van der Waals surface area (Å²) in [7, 11) is 0. The molecule has 0 amide bonds. The maximum atomic E-state index is 12.8. The van der Waals surface area contributed by atoms with E-state index in [2.05, 4.69) is 12.2 Å². The van der Waals surface area contributed by atoms with Gasteiger partial charge in [0.1, 0.15) is 5.82 Å². The third kappa shape index (κ3) is 3.54. The maximum absolute atomic E-state index is 12.8. The Morgan fingerprint density at radius 2 is 1.85 bits per heavy atom. The Balaban J connectivity index is 2.03. The molecule has 0 spiro atoms. The third-order valence-corrected chi connectivity index (χ3v) is 3.00. The molecule has 0 saturated carbocycles. The van der Waals surface area contributed by atoms with Gasteiger partial charge in [0, 0.05) is 23.5 Å². The SMILES string of the molecule is CCc1ccccc1NC=CC(=O)c1ccc(F)cc1. The van der Waals surface area contributed by atoms with Crippen LogP contribution in [0.2, 0.25) is 0 Å². The zero-order chi connectivity index (χ0) is 14.4. The van der Waals surface area contributed by atoms with Gasteiger partial charge in [0.2, 0.25) is 0 Å². The first-order valence-electron chi connectivity index (χ1n) is 6.51. The topological polar surface area (TPSA) is 29.1 Å². The first-order chi connectivity index (χ1) is 9.70. The van der Waals surface area contributed by atoms with Gasteiger partial charge in [-0.2, -0.15) is 0 Å². The second-order valence-electron chi connectivity index (χ2n) is 4.36. The molecule has 2 rings (SSSR count). The molecule has 2 nitrogen and oxygen atoms in total. The molecule has 0 saturated heterocycles. The van der Waals surface area contributed by atoms with Crippen molar-refractivity contribution in [2.75, 3.05) is 5.32 Å². The van der Waals surface area contributed by atoms with Crippen LogP contribution in [0.3, 0.4) is 0 Å². The van der Waals surface area contributed by atoms with E-state index in [1.54, 1.807) is 6.20 Å². The number of rotatable bonds is 5. The monoisotopic (exact) mass is 269 g/mol. The summed E-state index contributed by atoms with van der Waals surface area (Å²) in [6, 6.07) is 13.4. The summed E-state index contributed by atoms with van der Waals surface area (Å²) in [6.45, 7) is 2.08. The highest BCUT2D eigenvalue weighted by molar-refractivity contribution is 6.04. The molecule has 2 aromatic rings. The van der Waals surface area contributed by atoms with Crippen molar-refractivity contribution in [2.24, 2.45) is 0 Å². The molecule has 3 heteroatoms. The number of allylic oxidation sites excluding steroid dienone is 1. The van der Waals surface area contributed by atoms with Gasteiger partial charge in [-0.25, -0.2) is 4.39 Å². The van der Waals surface area contributed by atoms with E-state index in [0.29, 0.717) is 5.56 Å². The molecule has 0 bridgehead atoms. The molecular formula is C17H16FNO. The molecule has 20 heavy (non-hydrogen) atoms. The Hall–Kier alpha value is -2.42. The molecule has 0 atom stereocenters. The van der Waals surface area contributed by atoms with E-state index in [1.165, 1.54) is 35.9 Å². The number of carbonyl (C=O) groups excluding carboxylic acids is 1. The predicted octanol–water partition coefficient (Wildman–Crippen LogP) is 4.20. The van der Waals surface area contributed by atoms with Crippen LogP contribution in [0.25, 0.3) is 0 Å². The maximum Gasteiger partial charge on any atom is 0.187 e. The van der Waals surface area contributed by atoms with Crippen LogP contribution in [0.4, 0.5) is 10.1 Å². The van der Waals surface area contributed by atoms with Gasteiger partial charge in [-0.05, 0) is 42.3 Å². The average molecular weight is 269 g/mol. The number of anilines is 1. The molecule has 0 aliphatic heterocycles. The molecule has 0 unspecified atom stereocenters. The van der Waals surface area contributed by atoms with E-state index in [1.807, 2.05) is 24.3 Å². The molecule has 1 N–H and O–H groups in total. The summed E-state index contributed by atoms with van der Waals surface area (Å²) in [5.74, 6) is -0.507. The van der Waals surface area contributed by atoms with E-state index in [0.717, 1.165) is 12.1 Å². The third-order valence-electron chi connectivity index (χ3n) is 3.00. The quantitative estimate of drug-likeness (QED) is 0.651. The van der Waals surface area contributed by atoms with Gasteiger partial charge >= 0.3 is 0 Å². The van der Waals surface area contributed by atoms with Crippen molar-refractivity contribution in [1.29, 1.82) is 0 Å². The van der Waals surface area contributed by atoms with E-state index in [-0.39, 0.29) is 11.6 Å². The Morgan fingerprint density at radius 3 is 2.55 bits per heavy atom. The second kappa shape index (κ2) is 6.66. The van der Waals surface area contributed by atoms with Crippen LogP contribution in [-0.2, 0) is 6.42 Å². The number of hydrogen-bond acceptors (Lipinski definition) is 2. The lowest BCUT2D eigenvalue weighted by Crippen LogP contribution is -1.97. The largest absolute Gasteiger partial charge is 0.361 e. The number of carbonyl (C=O) groups is 1. The van der Waals surface area contributed by atoms with Crippen molar-refractivity contribution in [3.63, 3.8) is 0 Å². The van der Waals surface area contributed by atoms with Gasteiger partial charge in [0.15, 0.2) is 5.78 Å². The normalized spacial score (nSPS) is 10.7. The molecule has 0 aromatic heterocycles. The van der Waals surface area contributed by atoms with Crippen LogP contribution in [0, 0.1) is 5.82 Å². The van der Waals surface area contributed by atoms with Gasteiger partial charge < -0.3 is 5.32 Å². The molecule has 0 aliphatic rings. The highest BCUT2D eigenvalue weighted by Crippen LogP contribution is 2.15. The minimum Gasteiger partial charge on any atom is -0.361 e. The minimum absolute atomic E-state index is 0.161. The van der Waals surface area contributed by atoms with Crippen molar-refractivity contribution >= 4 is 11.5 Å². The second-order valence-corrected chi connectivity index (χ2v) is 4.36. The molecular weight excluding hydrogens is 253 g/mol. The van der Waals surface area contributed by atoms with Gasteiger partial charge in [-0.1, -0.05) is 25.1 Å². The van der Waals surface area contributed by atoms with Crippen molar-refractivity contribution in [2.45, 2.75) is 13.3 Å². The summed E-state index contributed by atoms with van der Waals surface area (Å²) >= 11 is 0. The number of nitrogens with one attached hydrogen (secondary N) is 1. The molecule has 0 aliphatic carbocycles. The Morgan fingerprint density at radius 1 is 1.15 bits per heavy atom. The Labute approximate surface area is 118 Å². The van der Waals surface area contributed by atoms with E-state index < -0.39 is 0 Å². The predicted molar refractivity (Wildman–Crippen MR) is 79.3 cm³/mol. The number of para-hydroxylation sites is 1. The lowest BCUT2D eigenvalue weighted by atomic mass is 10.1. The van der Waals surface area contributed by atoms with Crippen LogP contribution in [0.15, 0.2) is 60.8 Å². The fraction of sp³-hybridized carbons (Fsp3) is 0.118. The van der Waals surface area contributed by atoms with E-state index in [4.69, 9.17) is 0 Å². The number of aryl methyl sites for hydroxylation is 1. The first kappa shape index (κ1) is 14.0. The standard InChI is InChI=1S/C17H16FNO/c1-2-13-5-3-4-6-16(13)19-12-11-17(20)14-7-9-15(18)10-8-14/h3-12,19H,2H2,1H3. The fourth-order valence-corrected chi connectivity index (χ4v) is 1.89. The summed E-state index contributed by atoms with van der Waals surface area (Å²) in [5.41, 5.74) is 2.64. The van der Waals surface area contributed by atoms with Crippen LogP contribution < -0.4 is 5.32 Å². The molecule has 0 heterocycles. The Bertz CT molecular complexity index is 617. The molecule has 0 fully saturated rings. The first-order valence-corrected chi connectivity index (χ1v) is 6.51. The van der Waals surface area contributed by atoms with Crippen LogP contribution in [0.1, 0.15) is 22.8 Å². The zero-order valence-corrected chi connectivity index (χ0v) is 11.3. The van der Waals surface area contributed by atoms with Gasteiger partial charge in [-0.3, -0.25) is 4.79 Å². The summed E-state index contributed by atoms with van der Waals surface area (Å²) < 4.78 is 12.8. The van der Waals surface area contributed by atoms with Gasteiger partial charge in [0.05, 0.1) is 0 Å².